The number of morpholine rings is 1. The van der Waals surface area contributed by atoms with Gasteiger partial charge in [-0.25, -0.2) is 0 Å². The molecule has 0 aromatic rings. The minimum atomic E-state index is 0.280. The van der Waals surface area contributed by atoms with Crippen LogP contribution < -0.4 is 0 Å². The average Bonchev–Trinajstić information content (AvgIpc) is 2.50. The van der Waals surface area contributed by atoms with Crippen molar-refractivity contribution in [2.24, 2.45) is 5.92 Å². The van der Waals surface area contributed by atoms with Crippen LogP contribution in [-0.4, -0.2) is 29.2 Å². The standard InChI is InChI=1S/C11H17NO/c1-7(2)8(3)12-9-4-11(13-6-9)5-10(11)12/h7,9-10H,3-6H2,1-2H3. The Kier molecular flexibility index (Phi) is 1.28. The zero-order valence-electron chi connectivity index (χ0n) is 8.42. The molecule has 2 heterocycles. The number of fused-ring (bicyclic) bond motifs is 1. The molecule has 1 aliphatic carbocycles. The van der Waals surface area contributed by atoms with Gasteiger partial charge in [-0.2, -0.15) is 0 Å². The summed E-state index contributed by atoms with van der Waals surface area (Å²) >= 11 is 0. The topological polar surface area (TPSA) is 12.5 Å². The molecule has 3 aliphatic rings. The van der Waals surface area contributed by atoms with Gasteiger partial charge < -0.3 is 9.64 Å². The molecule has 3 atom stereocenters. The Morgan fingerprint density at radius 1 is 1.54 bits per heavy atom. The van der Waals surface area contributed by atoms with E-state index in [2.05, 4.69) is 25.3 Å². The summed E-state index contributed by atoms with van der Waals surface area (Å²) in [4.78, 5) is 2.54. The molecule has 3 unspecified atom stereocenters. The Morgan fingerprint density at radius 3 is 2.85 bits per heavy atom. The molecule has 2 nitrogen and oxygen atoms in total. The molecule has 2 saturated heterocycles. The number of rotatable bonds is 2. The number of hydrogen-bond donors (Lipinski definition) is 0. The highest BCUT2D eigenvalue weighted by Gasteiger charge is 2.70. The van der Waals surface area contributed by atoms with Crippen LogP contribution in [0.1, 0.15) is 26.7 Å². The van der Waals surface area contributed by atoms with Crippen molar-refractivity contribution in [3.63, 3.8) is 0 Å². The molecule has 1 spiro atoms. The average molecular weight is 179 g/mol. The SMILES string of the molecule is C=C(C(C)C)N1C2COC3(C2)CC13. The van der Waals surface area contributed by atoms with Crippen molar-refractivity contribution in [1.82, 2.24) is 4.90 Å². The molecule has 0 aromatic heterocycles. The largest absolute Gasteiger partial charge is 0.371 e. The number of nitrogens with zero attached hydrogens (tertiary/aromatic N) is 1. The predicted octanol–water partition coefficient (Wildman–Crippen LogP) is 1.77. The Labute approximate surface area is 79.6 Å². The lowest BCUT2D eigenvalue weighted by Gasteiger charge is -2.33. The summed E-state index contributed by atoms with van der Waals surface area (Å²) < 4.78 is 5.79. The van der Waals surface area contributed by atoms with Gasteiger partial charge in [-0.3, -0.25) is 0 Å². The summed E-state index contributed by atoms with van der Waals surface area (Å²) in [6.45, 7) is 9.58. The molecule has 13 heavy (non-hydrogen) atoms. The summed E-state index contributed by atoms with van der Waals surface area (Å²) in [5.41, 5.74) is 1.60. The maximum Gasteiger partial charge on any atom is 0.0927 e. The van der Waals surface area contributed by atoms with Gasteiger partial charge in [0.2, 0.25) is 0 Å². The summed E-state index contributed by atoms with van der Waals surface area (Å²) in [5.74, 6) is 0.581. The van der Waals surface area contributed by atoms with Crippen molar-refractivity contribution in [1.29, 1.82) is 0 Å². The van der Waals surface area contributed by atoms with E-state index in [0.717, 1.165) is 6.61 Å². The van der Waals surface area contributed by atoms with Gasteiger partial charge >= 0.3 is 0 Å². The lowest BCUT2D eigenvalue weighted by Crippen LogP contribution is -2.38. The maximum absolute atomic E-state index is 5.79. The van der Waals surface area contributed by atoms with E-state index >= 15 is 0 Å². The van der Waals surface area contributed by atoms with Gasteiger partial charge in [0.25, 0.3) is 0 Å². The third kappa shape index (κ3) is 0.824. The van der Waals surface area contributed by atoms with Crippen molar-refractivity contribution in [3.05, 3.63) is 12.3 Å². The van der Waals surface area contributed by atoms with Gasteiger partial charge in [0.1, 0.15) is 0 Å². The van der Waals surface area contributed by atoms with E-state index in [1.807, 2.05) is 0 Å². The molecule has 0 N–H and O–H groups in total. The molecular weight excluding hydrogens is 162 g/mol. The molecule has 3 fully saturated rings. The van der Waals surface area contributed by atoms with Crippen LogP contribution in [0.25, 0.3) is 0 Å². The fourth-order valence-corrected chi connectivity index (χ4v) is 2.94. The fraction of sp³-hybridized carbons (Fsp3) is 0.818. The summed E-state index contributed by atoms with van der Waals surface area (Å²) in [5, 5.41) is 0. The minimum absolute atomic E-state index is 0.280. The quantitative estimate of drug-likeness (QED) is 0.640. The third-order valence-corrected chi connectivity index (χ3v) is 3.86. The molecule has 0 radical (unpaired) electrons. The Morgan fingerprint density at radius 2 is 2.31 bits per heavy atom. The van der Waals surface area contributed by atoms with E-state index in [4.69, 9.17) is 4.74 Å². The van der Waals surface area contributed by atoms with Crippen LogP contribution in [0.4, 0.5) is 0 Å². The van der Waals surface area contributed by atoms with Crippen LogP contribution in [0, 0.1) is 5.92 Å². The van der Waals surface area contributed by atoms with Crippen molar-refractivity contribution in [2.45, 2.75) is 44.4 Å². The molecule has 2 bridgehead atoms. The summed E-state index contributed by atoms with van der Waals surface area (Å²) in [6, 6.07) is 1.33. The normalized spacial score (nSPS) is 45.6. The molecule has 1 saturated carbocycles. The van der Waals surface area contributed by atoms with Crippen LogP contribution in [0.5, 0.6) is 0 Å². The molecule has 3 rings (SSSR count). The minimum Gasteiger partial charge on any atom is -0.371 e. The molecule has 2 aliphatic heterocycles. The first-order valence-corrected chi connectivity index (χ1v) is 5.25. The fourth-order valence-electron chi connectivity index (χ4n) is 2.94. The second-order valence-electron chi connectivity index (χ2n) is 5.01. The number of piperidine rings is 1. The monoisotopic (exact) mass is 179 g/mol. The van der Waals surface area contributed by atoms with Crippen molar-refractivity contribution in [2.75, 3.05) is 6.61 Å². The first kappa shape index (κ1) is 7.86. The van der Waals surface area contributed by atoms with Crippen LogP contribution in [-0.2, 0) is 4.74 Å². The van der Waals surface area contributed by atoms with Crippen LogP contribution in [0.2, 0.25) is 0 Å². The highest BCUT2D eigenvalue weighted by atomic mass is 16.5. The van der Waals surface area contributed by atoms with Crippen molar-refractivity contribution in [3.8, 4) is 0 Å². The Bertz CT molecular complexity index is 269. The van der Waals surface area contributed by atoms with Gasteiger partial charge in [0, 0.05) is 18.5 Å². The van der Waals surface area contributed by atoms with Crippen LogP contribution >= 0.6 is 0 Å². The van der Waals surface area contributed by atoms with E-state index in [0.29, 0.717) is 18.0 Å². The zero-order valence-corrected chi connectivity index (χ0v) is 8.42. The van der Waals surface area contributed by atoms with Gasteiger partial charge in [0.05, 0.1) is 24.3 Å². The van der Waals surface area contributed by atoms with Gasteiger partial charge in [-0.05, 0) is 5.92 Å². The van der Waals surface area contributed by atoms with Gasteiger partial charge in [0.15, 0.2) is 0 Å². The van der Waals surface area contributed by atoms with Crippen LogP contribution in [0.15, 0.2) is 12.3 Å². The highest BCUT2D eigenvalue weighted by Crippen LogP contribution is 2.60. The Hall–Kier alpha value is -0.500. The van der Waals surface area contributed by atoms with Crippen LogP contribution in [0.3, 0.4) is 0 Å². The second-order valence-corrected chi connectivity index (χ2v) is 5.01. The second kappa shape index (κ2) is 2.11. The molecular formula is C11H17NO. The van der Waals surface area contributed by atoms with E-state index in [1.54, 1.807) is 0 Å². The van der Waals surface area contributed by atoms with E-state index in [1.165, 1.54) is 18.5 Å². The molecule has 72 valence electrons. The molecule has 0 aromatic carbocycles. The lowest BCUT2D eigenvalue weighted by atomic mass is 10.1. The number of ether oxygens (including phenoxy) is 1. The van der Waals surface area contributed by atoms with Crippen molar-refractivity contribution >= 4 is 0 Å². The highest BCUT2D eigenvalue weighted by molar-refractivity contribution is 5.28. The van der Waals surface area contributed by atoms with Gasteiger partial charge in [-0.1, -0.05) is 20.4 Å². The van der Waals surface area contributed by atoms with Gasteiger partial charge in [-0.15, -0.1) is 0 Å². The smallest absolute Gasteiger partial charge is 0.0927 e. The van der Waals surface area contributed by atoms with E-state index < -0.39 is 0 Å². The summed E-state index contributed by atoms with van der Waals surface area (Å²) in [6.07, 6.45) is 2.50. The lowest BCUT2D eigenvalue weighted by molar-refractivity contribution is 0.0331. The zero-order chi connectivity index (χ0) is 9.22. The molecule has 0 amide bonds. The van der Waals surface area contributed by atoms with Crippen molar-refractivity contribution < 1.29 is 4.74 Å². The number of likely N-dealkylation sites (tertiary alicyclic amines) is 1. The first-order chi connectivity index (χ1) is 6.14. The maximum atomic E-state index is 5.79. The Balaban J connectivity index is 1.84. The predicted molar refractivity (Wildman–Crippen MR) is 51.3 cm³/mol. The third-order valence-electron chi connectivity index (χ3n) is 3.86. The van der Waals surface area contributed by atoms with E-state index in [9.17, 15) is 0 Å². The molecule has 2 heteroatoms. The summed E-state index contributed by atoms with van der Waals surface area (Å²) in [7, 11) is 0. The first-order valence-electron chi connectivity index (χ1n) is 5.25. The number of hydrogen-bond acceptors (Lipinski definition) is 2. The van der Waals surface area contributed by atoms with E-state index in [-0.39, 0.29) is 5.60 Å². The number of allylic oxidation sites excluding steroid dienone is 1.